The van der Waals surface area contributed by atoms with Crippen molar-refractivity contribution >= 4 is 16.7 Å². The molecule has 0 saturated heterocycles. The fourth-order valence-electron chi connectivity index (χ4n) is 1.87. The summed E-state index contributed by atoms with van der Waals surface area (Å²) >= 11 is 0. The lowest BCUT2D eigenvalue weighted by atomic mass is 10.2. The Kier molecular flexibility index (Phi) is 3.04. The lowest BCUT2D eigenvalue weighted by Gasteiger charge is -2.20. The molecule has 0 aliphatic heterocycles. The van der Waals surface area contributed by atoms with Crippen molar-refractivity contribution in [2.75, 3.05) is 18.0 Å². The molecule has 1 heterocycles. The first kappa shape index (κ1) is 11.5. The standard InChI is InChI=1S/C13H15NO3/c1-3-14(4-2)10-6-5-9-7-11(15)13(16)17-12(9)8-10/h5-8,15H,3-4H2,1-2H3. The third kappa shape index (κ3) is 2.11. The fraction of sp³-hybridized carbons (Fsp3) is 0.308. The van der Waals surface area contributed by atoms with Crippen LogP contribution in [0.2, 0.25) is 0 Å². The highest BCUT2D eigenvalue weighted by Crippen LogP contribution is 2.22. The average Bonchev–Trinajstić information content (AvgIpc) is 2.32. The van der Waals surface area contributed by atoms with Crippen molar-refractivity contribution < 1.29 is 9.52 Å². The van der Waals surface area contributed by atoms with Crippen LogP contribution in [-0.4, -0.2) is 18.2 Å². The largest absolute Gasteiger partial charge is 0.502 e. The van der Waals surface area contributed by atoms with Gasteiger partial charge in [-0.2, -0.15) is 0 Å². The molecule has 1 aromatic carbocycles. The second kappa shape index (κ2) is 4.49. The summed E-state index contributed by atoms with van der Waals surface area (Å²) in [4.78, 5) is 13.4. The summed E-state index contributed by atoms with van der Waals surface area (Å²) in [5, 5.41) is 9.99. The van der Waals surface area contributed by atoms with Gasteiger partial charge in [-0.1, -0.05) is 0 Å². The summed E-state index contributed by atoms with van der Waals surface area (Å²) < 4.78 is 5.04. The van der Waals surface area contributed by atoms with E-state index in [1.807, 2.05) is 18.2 Å². The van der Waals surface area contributed by atoms with E-state index in [-0.39, 0.29) is 5.75 Å². The number of hydrogen-bond acceptors (Lipinski definition) is 4. The third-order valence-corrected chi connectivity index (χ3v) is 2.83. The lowest BCUT2D eigenvalue weighted by molar-refractivity contribution is 0.428. The first-order valence-electron chi connectivity index (χ1n) is 5.67. The Morgan fingerprint density at radius 3 is 2.59 bits per heavy atom. The number of anilines is 1. The molecule has 1 N–H and O–H groups in total. The highest BCUT2D eigenvalue weighted by molar-refractivity contribution is 5.81. The van der Waals surface area contributed by atoms with Gasteiger partial charge in [-0.05, 0) is 32.0 Å². The quantitative estimate of drug-likeness (QED) is 0.827. The van der Waals surface area contributed by atoms with Gasteiger partial charge in [-0.25, -0.2) is 4.79 Å². The minimum absolute atomic E-state index is 0.354. The molecule has 4 nitrogen and oxygen atoms in total. The van der Waals surface area contributed by atoms with Crippen molar-refractivity contribution in [1.82, 2.24) is 0 Å². The third-order valence-electron chi connectivity index (χ3n) is 2.83. The van der Waals surface area contributed by atoms with Gasteiger partial charge in [0.05, 0.1) is 0 Å². The zero-order valence-corrected chi connectivity index (χ0v) is 9.93. The van der Waals surface area contributed by atoms with E-state index in [0.29, 0.717) is 5.58 Å². The maximum atomic E-state index is 11.2. The summed E-state index contributed by atoms with van der Waals surface area (Å²) in [6, 6.07) is 7.04. The van der Waals surface area contributed by atoms with Crippen molar-refractivity contribution in [2.24, 2.45) is 0 Å². The number of rotatable bonds is 3. The number of hydrogen-bond donors (Lipinski definition) is 1. The highest BCUT2D eigenvalue weighted by atomic mass is 16.4. The second-order valence-corrected chi connectivity index (χ2v) is 3.81. The molecular formula is C13H15NO3. The molecule has 0 atom stereocenters. The second-order valence-electron chi connectivity index (χ2n) is 3.81. The monoisotopic (exact) mass is 233 g/mol. The number of aromatic hydroxyl groups is 1. The summed E-state index contributed by atoms with van der Waals surface area (Å²) in [6.45, 7) is 5.93. The van der Waals surface area contributed by atoms with E-state index in [1.165, 1.54) is 6.07 Å². The summed E-state index contributed by atoms with van der Waals surface area (Å²) in [6.07, 6.45) is 0. The van der Waals surface area contributed by atoms with Crippen LogP contribution in [0.5, 0.6) is 5.75 Å². The number of fused-ring (bicyclic) bond motifs is 1. The Bertz CT molecular complexity index is 585. The molecule has 17 heavy (non-hydrogen) atoms. The Balaban J connectivity index is 2.57. The normalized spacial score (nSPS) is 10.7. The van der Waals surface area contributed by atoms with Gasteiger partial charge in [0.2, 0.25) is 5.75 Å². The molecule has 0 fully saturated rings. The summed E-state index contributed by atoms with van der Waals surface area (Å²) in [5.74, 6) is -0.354. The van der Waals surface area contributed by atoms with E-state index in [9.17, 15) is 9.90 Å². The first-order chi connectivity index (χ1) is 8.15. The van der Waals surface area contributed by atoms with Crippen LogP contribution in [0, 0.1) is 0 Å². The molecule has 2 rings (SSSR count). The molecule has 1 aromatic heterocycles. The molecular weight excluding hydrogens is 218 g/mol. The molecule has 0 spiro atoms. The van der Waals surface area contributed by atoms with Gasteiger partial charge in [0.1, 0.15) is 5.58 Å². The topological polar surface area (TPSA) is 53.7 Å². The van der Waals surface area contributed by atoms with E-state index in [1.54, 1.807) is 0 Å². The van der Waals surface area contributed by atoms with E-state index in [4.69, 9.17) is 4.42 Å². The van der Waals surface area contributed by atoms with Crippen molar-refractivity contribution in [3.8, 4) is 5.75 Å². The maximum Gasteiger partial charge on any atom is 0.378 e. The number of nitrogens with zero attached hydrogens (tertiary/aromatic N) is 1. The molecule has 0 unspecified atom stereocenters. The van der Waals surface area contributed by atoms with Crippen LogP contribution in [0.4, 0.5) is 5.69 Å². The predicted octanol–water partition coefficient (Wildman–Crippen LogP) is 2.34. The fourth-order valence-corrected chi connectivity index (χ4v) is 1.87. The highest BCUT2D eigenvalue weighted by Gasteiger charge is 2.07. The van der Waals surface area contributed by atoms with E-state index >= 15 is 0 Å². The molecule has 4 heteroatoms. The molecule has 0 saturated carbocycles. The molecule has 0 bridgehead atoms. The van der Waals surface area contributed by atoms with Crippen molar-refractivity contribution in [1.29, 1.82) is 0 Å². The zero-order valence-electron chi connectivity index (χ0n) is 9.93. The molecule has 0 aliphatic rings. The van der Waals surface area contributed by atoms with Gasteiger partial charge in [0.15, 0.2) is 0 Å². The van der Waals surface area contributed by atoms with E-state index < -0.39 is 5.63 Å². The van der Waals surface area contributed by atoms with Crippen molar-refractivity contribution in [2.45, 2.75) is 13.8 Å². The van der Waals surface area contributed by atoms with Crippen LogP contribution in [-0.2, 0) is 0 Å². The first-order valence-corrected chi connectivity index (χ1v) is 5.67. The van der Waals surface area contributed by atoms with Crippen LogP contribution in [0.25, 0.3) is 11.0 Å². The van der Waals surface area contributed by atoms with Gasteiger partial charge in [0, 0.05) is 30.2 Å². The van der Waals surface area contributed by atoms with Crippen LogP contribution in [0.15, 0.2) is 33.5 Å². The van der Waals surface area contributed by atoms with Crippen LogP contribution < -0.4 is 10.5 Å². The van der Waals surface area contributed by atoms with Gasteiger partial charge in [-0.3, -0.25) is 0 Å². The smallest absolute Gasteiger partial charge is 0.378 e. The van der Waals surface area contributed by atoms with Gasteiger partial charge in [0.25, 0.3) is 0 Å². The van der Waals surface area contributed by atoms with Crippen LogP contribution in [0.3, 0.4) is 0 Å². The predicted molar refractivity (Wildman–Crippen MR) is 67.7 cm³/mol. The lowest BCUT2D eigenvalue weighted by Crippen LogP contribution is -2.21. The Morgan fingerprint density at radius 1 is 1.24 bits per heavy atom. The summed E-state index contributed by atoms with van der Waals surface area (Å²) in [7, 11) is 0. The Morgan fingerprint density at radius 2 is 1.94 bits per heavy atom. The minimum atomic E-state index is -0.700. The number of benzene rings is 1. The Hall–Kier alpha value is -1.97. The zero-order chi connectivity index (χ0) is 12.4. The van der Waals surface area contributed by atoms with Crippen molar-refractivity contribution in [3.05, 3.63) is 34.7 Å². The van der Waals surface area contributed by atoms with Crippen molar-refractivity contribution in [3.63, 3.8) is 0 Å². The van der Waals surface area contributed by atoms with Crippen LogP contribution >= 0.6 is 0 Å². The maximum absolute atomic E-state index is 11.2. The molecule has 0 radical (unpaired) electrons. The molecule has 2 aromatic rings. The van der Waals surface area contributed by atoms with E-state index in [2.05, 4.69) is 18.7 Å². The van der Waals surface area contributed by atoms with E-state index in [0.717, 1.165) is 24.2 Å². The molecule has 0 amide bonds. The van der Waals surface area contributed by atoms with Crippen LogP contribution in [0.1, 0.15) is 13.8 Å². The minimum Gasteiger partial charge on any atom is -0.502 e. The summed E-state index contributed by atoms with van der Waals surface area (Å²) in [5.41, 5.74) is 0.808. The molecule has 0 aliphatic carbocycles. The Labute approximate surface area is 99.1 Å². The molecule has 90 valence electrons. The van der Waals surface area contributed by atoms with Gasteiger partial charge in [-0.15, -0.1) is 0 Å². The van der Waals surface area contributed by atoms with Gasteiger partial charge >= 0.3 is 5.63 Å². The average molecular weight is 233 g/mol. The SMILES string of the molecule is CCN(CC)c1ccc2cc(O)c(=O)oc2c1. The van der Waals surface area contributed by atoms with Gasteiger partial charge < -0.3 is 14.4 Å².